The highest BCUT2D eigenvalue weighted by molar-refractivity contribution is 7.25. The second kappa shape index (κ2) is 29.9. The van der Waals surface area contributed by atoms with Gasteiger partial charge in [0.2, 0.25) is 0 Å². The minimum absolute atomic E-state index is 0.872. The molecule has 0 fully saturated rings. The molecule has 1 aromatic heterocycles. The average molecular weight is 1220 g/mol. The number of benzene rings is 12. The van der Waals surface area contributed by atoms with E-state index in [2.05, 4.69) is 287 Å². The van der Waals surface area contributed by atoms with Gasteiger partial charge in [-0.1, -0.05) is 279 Å². The fourth-order valence-electron chi connectivity index (χ4n) is 11.9. The van der Waals surface area contributed by atoms with E-state index in [4.69, 9.17) is 9.98 Å². The number of aliphatic imine (C=N–C) groups is 2. The van der Waals surface area contributed by atoms with E-state index in [0.29, 0.717) is 0 Å². The van der Waals surface area contributed by atoms with Crippen LogP contribution in [0.3, 0.4) is 0 Å². The molecule has 13 rings (SSSR count). The number of rotatable bonds is 14. The van der Waals surface area contributed by atoms with E-state index in [1.54, 1.807) is 0 Å². The zero-order valence-electron chi connectivity index (χ0n) is 54.6. The Bertz CT molecular complexity index is 4600. The van der Waals surface area contributed by atoms with E-state index < -0.39 is 0 Å². The molecule has 0 unspecified atom stereocenters. The van der Waals surface area contributed by atoms with Gasteiger partial charge in [-0.25, -0.2) is 0 Å². The minimum Gasteiger partial charge on any atom is -0.252 e. The fourth-order valence-corrected chi connectivity index (χ4v) is 12.9. The minimum atomic E-state index is 0.872. The van der Waals surface area contributed by atoms with Crippen LogP contribution in [0.15, 0.2) is 326 Å². The van der Waals surface area contributed by atoms with Gasteiger partial charge in [0, 0.05) is 53.8 Å². The molecule has 0 spiro atoms. The molecule has 0 bridgehead atoms. The van der Waals surface area contributed by atoms with Crippen molar-refractivity contribution in [3.05, 3.63) is 383 Å². The molecular formula is C90H78N2S. The van der Waals surface area contributed by atoms with Crippen LogP contribution in [0.25, 0.3) is 87.2 Å². The molecule has 0 atom stereocenters. The Morgan fingerprint density at radius 3 is 0.957 bits per heavy atom. The van der Waals surface area contributed by atoms with Crippen LogP contribution in [0, 0.1) is 41.5 Å². The third-order valence-corrected chi connectivity index (χ3v) is 18.1. The van der Waals surface area contributed by atoms with Crippen molar-refractivity contribution in [1.29, 1.82) is 0 Å². The SMILES string of the molecule is C=C(/C=C(\N=C(C)c1cccc(C)c1-c1cc(-c2ccc3sc4ccc(-c5ccc(C)c(-c6c(C)cccc6C(C)=N/C(=C\C(=C)c6ccccc6)c6ccccc6)c5)cc4c3c2)ccc1C)c1ccccc1)c1ccccc1.Cc1ccccc1.Cc1ccccc1. The Hall–Kier alpha value is -10.8. The molecule has 0 aliphatic carbocycles. The molecule has 0 saturated carbocycles. The van der Waals surface area contributed by atoms with Crippen LogP contribution in [0.2, 0.25) is 0 Å². The van der Waals surface area contributed by atoms with Crippen LogP contribution in [0.5, 0.6) is 0 Å². The Morgan fingerprint density at radius 2 is 0.624 bits per heavy atom. The summed E-state index contributed by atoms with van der Waals surface area (Å²) in [5, 5.41) is 2.52. The van der Waals surface area contributed by atoms with Crippen LogP contribution >= 0.6 is 11.3 Å². The molecule has 2 nitrogen and oxygen atoms in total. The van der Waals surface area contributed by atoms with Gasteiger partial charge in [0.1, 0.15) is 0 Å². The third kappa shape index (κ3) is 15.5. The van der Waals surface area contributed by atoms with Crippen LogP contribution in [-0.4, -0.2) is 11.4 Å². The van der Waals surface area contributed by atoms with Gasteiger partial charge < -0.3 is 0 Å². The molecule has 454 valence electrons. The summed E-state index contributed by atoms with van der Waals surface area (Å²) >= 11 is 1.85. The first-order valence-corrected chi connectivity index (χ1v) is 32.6. The van der Waals surface area contributed by atoms with Crippen LogP contribution in [-0.2, 0) is 0 Å². The summed E-state index contributed by atoms with van der Waals surface area (Å²) < 4.78 is 2.54. The molecule has 3 heteroatoms. The van der Waals surface area contributed by atoms with Crippen LogP contribution < -0.4 is 0 Å². The number of aryl methyl sites for hydroxylation is 6. The molecule has 12 aromatic carbocycles. The molecule has 13 aromatic rings. The largest absolute Gasteiger partial charge is 0.252 e. The van der Waals surface area contributed by atoms with Gasteiger partial charge in [-0.2, -0.15) is 0 Å². The van der Waals surface area contributed by atoms with Gasteiger partial charge in [0.05, 0.1) is 11.4 Å². The first-order valence-electron chi connectivity index (χ1n) is 31.8. The van der Waals surface area contributed by atoms with Gasteiger partial charge in [-0.3, -0.25) is 9.98 Å². The summed E-state index contributed by atoms with van der Waals surface area (Å²) in [6.07, 6.45) is 4.21. The molecule has 93 heavy (non-hydrogen) atoms. The van der Waals surface area contributed by atoms with Crippen molar-refractivity contribution in [3.63, 3.8) is 0 Å². The van der Waals surface area contributed by atoms with E-state index in [9.17, 15) is 0 Å². The van der Waals surface area contributed by atoms with Gasteiger partial charge in [0.15, 0.2) is 0 Å². The second-order valence-corrected chi connectivity index (χ2v) is 24.9. The van der Waals surface area contributed by atoms with Crippen LogP contribution in [0.4, 0.5) is 0 Å². The highest BCUT2D eigenvalue weighted by Gasteiger charge is 2.19. The summed E-state index contributed by atoms with van der Waals surface area (Å²) in [5.41, 5.74) is 28.9. The Labute approximate surface area is 555 Å². The summed E-state index contributed by atoms with van der Waals surface area (Å²) in [6.45, 7) is 26.2. The number of thiophene rings is 1. The maximum Gasteiger partial charge on any atom is 0.0711 e. The average Bonchev–Trinajstić information content (AvgIpc) is 1.83. The van der Waals surface area contributed by atoms with Crippen molar-refractivity contribution < 1.29 is 0 Å². The summed E-state index contributed by atoms with van der Waals surface area (Å²) in [4.78, 5) is 10.8. The van der Waals surface area contributed by atoms with E-state index in [0.717, 1.165) is 67.3 Å². The maximum atomic E-state index is 5.39. The first-order chi connectivity index (χ1) is 45.3. The lowest BCUT2D eigenvalue weighted by Gasteiger charge is -2.17. The second-order valence-electron chi connectivity index (χ2n) is 23.9. The zero-order valence-corrected chi connectivity index (χ0v) is 55.4. The predicted octanol–water partition coefficient (Wildman–Crippen LogP) is 25.1. The Balaban J connectivity index is 0.000000560. The van der Waals surface area contributed by atoms with Crippen LogP contribution in [0.1, 0.15) is 80.6 Å². The summed E-state index contributed by atoms with van der Waals surface area (Å²) in [7, 11) is 0. The highest BCUT2D eigenvalue weighted by Crippen LogP contribution is 2.42. The Morgan fingerprint density at radius 1 is 0.312 bits per heavy atom. The Kier molecular flexibility index (Phi) is 20.5. The number of nitrogens with zero attached hydrogens (tertiary/aromatic N) is 2. The topological polar surface area (TPSA) is 24.7 Å². The van der Waals surface area contributed by atoms with Gasteiger partial charge in [0.25, 0.3) is 0 Å². The number of fused-ring (bicyclic) bond motifs is 3. The molecule has 1 heterocycles. The van der Waals surface area contributed by atoms with Crippen molar-refractivity contribution in [2.45, 2.75) is 55.4 Å². The zero-order chi connectivity index (χ0) is 64.8. The third-order valence-electron chi connectivity index (χ3n) is 17.0. The normalized spacial score (nSPS) is 11.8. The van der Waals surface area contributed by atoms with Gasteiger partial charge in [-0.05, 0) is 193 Å². The lowest BCUT2D eigenvalue weighted by molar-refractivity contribution is 1.38. The number of hydrogen-bond donors (Lipinski definition) is 0. The predicted molar refractivity (Wildman–Crippen MR) is 407 cm³/mol. The maximum absolute atomic E-state index is 5.39. The van der Waals surface area contributed by atoms with E-state index in [1.807, 2.05) is 96.3 Å². The molecule has 0 N–H and O–H groups in total. The molecule has 0 aliphatic rings. The number of hydrogen-bond acceptors (Lipinski definition) is 3. The van der Waals surface area contributed by atoms with Crippen molar-refractivity contribution in [1.82, 2.24) is 0 Å². The lowest BCUT2D eigenvalue weighted by atomic mass is 9.88. The fraction of sp³-hybridized carbons (Fsp3) is 0.0889. The van der Waals surface area contributed by atoms with Crippen molar-refractivity contribution in [3.8, 4) is 44.5 Å². The van der Waals surface area contributed by atoms with Crippen molar-refractivity contribution in [2.75, 3.05) is 0 Å². The molecule has 0 radical (unpaired) electrons. The standard InChI is InChI=1S/C76H62N2S.2C7H8/c1-49-35-37-61(45-67(49)75-51(3)23-21-33-65(75)55(7)77-71(59-29-17-11-18-30-59)43-53(5)57-25-13-9-14-26-57)63-39-41-73-69(47-63)70-48-64(40-42-74(70)79-73)62-38-36-50(2)68(46-62)76-52(4)24-22-34-66(76)56(8)78-72(60-31-19-12-20-32-60)44-54(6)58-27-15-10-16-28-58;2*1-7-5-3-2-4-6-7/h9-48H,5-6H2,1-4,7-8H3;2*2-6H,1H3/b71-43-,72-44-,77-55?,78-56?;;. The summed E-state index contributed by atoms with van der Waals surface area (Å²) in [5.74, 6) is 0. The first kappa shape index (κ1) is 63.7. The molecular weight excluding hydrogens is 1140 g/mol. The molecule has 0 aliphatic heterocycles. The van der Waals surface area contributed by atoms with Gasteiger partial charge >= 0.3 is 0 Å². The molecule has 0 saturated heterocycles. The highest BCUT2D eigenvalue weighted by atomic mass is 32.1. The van der Waals surface area contributed by atoms with E-state index >= 15 is 0 Å². The summed E-state index contributed by atoms with van der Waals surface area (Å²) in [6, 6.07) is 103. The molecule has 0 amide bonds. The number of allylic oxidation sites excluding steroid dienone is 4. The van der Waals surface area contributed by atoms with E-state index in [1.165, 1.54) is 98.1 Å². The quantitative estimate of drug-likeness (QED) is 0.0766. The van der Waals surface area contributed by atoms with E-state index in [-0.39, 0.29) is 0 Å². The van der Waals surface area contributed by atoms with Gasteiger partial charge in [-0.15, -0.1) is 11.3 Å². The smallest absolute Gasteiger partial charge is 0.0711 e. The van der Waals surface area contributed by atoms with Crippen molar-refractivity contribution in [2.24, 2.45) is 9.98 Å². The lowest BCUT2D eigenvalue weighted by Crippen LogP contribution is -2.02. The van der Waals surface area contributed by atoms with Crippen molar-refractivity contribution >= 4 is 65.5 Å². The monoisotopic (exact) mass is 1220 g/mol.